The number of aryl methyl sites for hydroxylation is 3. The summed E-state index contributed by atoms with van der Waals surface area (Å²) in [5.41, 5.74) is 10.3. The van der Waals surface area contributed by atoms with Crippen molar-refractivity contribution in [3.05, 3.63) is 218 Å². The van der Waals surface area contributed by atoms with Crippen LogP contribution in [0.15, 0.2) is 175 Å². The van der Waals surface area contributed by atoms with Gasteiger partial charge in [-0.3, -0.25) is 19.2 Å². The Labute approximate surface area is 521 Å². The molecule has 2 aliphatic rings. The number of hydrogen-bond donors (Lipinski definition) is 8. The molecule has 2 amide bonds. The van der Waals surface area contributed by atoms with Crippen LogP contribution in [0.25, 0.3) is 0 Å². The molecule has 21 heteroatoms. The number of H-pyrrole nitrogens is 1. The fraction of sp³-hybridized carbons (Fsp3) is 0.308. The smallest absolute Gasteiger partial charge is 0.326 e. The number of carbonyl (C=O) groups excluding carboxylic acids is 3. The number of halogens is 3. The van der Waals surface area contributed by atoms with E-state index < -0.39 is 29.4 Å². The van der Waals surface area contributed by atoms with Crippen LogP contribution in [0.4, 0.5) is 23.1 Å². The Morgan fingerprint density at radius 2 is 1.13 bits per heavy atom. The van der Waals surface area contributed by atoms with Crippen LogP contribution in [0.5, 0.6) is 0 Å². The number of fused-ring (bicyclic) bond motifs is 1. The van der Waals surface area contributed by atoms with Gasteiger partial charge in [-0.1, -0.05) is 181 Å². The number of nitrogen functional groups attached to an aromatic ring is 1. The highest BCUT2D eigenvalue weighted by Gasteiger charge is 2.23. The summed E-state index contributed by atoms with van der Waals surface area (Å²) >= 11 is 16.6. The third-order valence-corrected chi connectivity index (χ3v) is 11.2. The van der Waals surface area contributed by atoms with Gasteiger partial charge >= 0.3 is 11.9 Å². The van der Waals surface area contributed by atoms with Gasteiger partial charge in [0.05, 0.1) is 32.5 Å². The van der Waals surface area contributed by atoms with Gasteiger partial charge in [-0.05, 0) is 94.3 Å². The van der Waals surface area contributed by atoms with E-state index in [2.05, 4.69) is 88.4 Å². The van der Waals surface area contributed by atoms with Gasteiger partial charge in [-0.15, -0.1) is 0 Å². The van der Waals surface area contributed by atoms with E-state index >= 15 is 0 Å². The van der Waals surface area contributed by atoms with E-state index in [1.54, 1.807) is 50.5 Å². The molecule has 6 aromatic carbocycles. The van der Waals surface area contributed by atoms with Crippen LogP contribution < -0.4 is 32.6 Å². The molecule has 2 aliphatic heterocycles. The maximum atomic E-state index is 12.3. The average Bonchev–Trinajstić information content (AvgIpc) is 2.67. The summed E-state index contributed by atoms with van der Waals surface area (Å²) in [5.74, 6) is -2.55. The third-order valence-electron chi connectivity index (χ3n) is 10.5. The number of hydrogen-bond acceptors (Lipinski definition) is 13. The number of nitrogens with zero attached hydrogens (tertiary/aromatic N) is 2. The van der Waals surface area contributed by atoms with Crippen molar-refractivity contribution in [1.29, 1.82) is 0 Å². The fourth-order valence-electron chi connectivity index (χ4n) is 6.07. The number of aldehydes is 1. The molecule has 0 unspecified atom stereocenters. The van der Waals surface area contributed by atoms with E-state index in [0.717, 1.165) is 60.6 Å². The Balaban J connectivity index is 0.00000108. The van der Waals surface area contributed by atoms with Gasteiger partial charge in [-0.25, -0.2) is 4.79 Å². The number of carboxylic acid groups (broad SMARTS) is 2. The highest BCUT2D eigenvalue weighted by Crippen LogP contribution is 2.20. The van der Waals surface area contributed by atoms with Crippen molar-refractivity contribution in [1.82, 2.24) is 20.2 Å². The topological polar surface area (TPSA) is 267 Å². The zero-order valence-corrected chi connectivity index (χ0v) is 52.6. The first kappa shape index (κ1) is 77.7. The van der Waals surface area contributed by atoms with Crippen LogP contribution in [0.1, 0.15) is 73.5 Å². The van der Waals surface area contributed by atoms with Crippen LogP contribution in [0, 0.1) is 20.8 Å². The number of aliphatic carboxylic acids is 2. The van der Waals surface area contributed by atoms with Crippen LogP contribution in [0.3, 0.4) is 0 Å². The lowest BCUT2D eigenvalue weighted by Crippen LogP contribution is -2.41. The Bertz CT molecular complexity index is 2750. The number of unbranched alkanes of at least 4 members (excludes halogenated alkanes) is 1. The van der Waals surface area contributed by atoms with Crippen molar-refractivity contribution in [2.45, 2.75) is 79.3 Å². The van der Waals surface area contributed by atoms with Crippen LogP contribution in [0.2, 0.25) is 15.1 Å². The molecule has 466 valence electrons. The molecule has 18 nitrogen and oxygen atoms in total. The monoisotopic (exact) mass is 1240 g/mol. The molecule has 0 saturated carbocycles. The molecule has 2 atom stereocenters. The van der Waals surface area contributed by atoms with E-state index in [4.69, 9.17) is 60.2 Å². The largest absolute Gasteiger partial charge is 0.481 e. The molecule has 3 heterocycles. The van der Waals surface area contributed by atoms with Gasteiger partial charge in [0.2, 0.25) is 12.4 Å². The summed E-state index contributed by atoms with van der Waals surface area (Å²) in [4.78, 5) is 72.8. The van der Waals surface area contributed by atoms with Gasteiger partial charge in [0.15, 0.2) is 0 Å². The van der Waals surface area contributed by atoms with Crippen molar-refractivity contribution >= 4 is 88.5 Å². The van der Waals surface area contributed by atoms with Crippen LogP contribution in [-0.4, -0.2) is 121 Å². The number of carboxylic acids is 2. The second-order valence-electron chi connectivity index (χ2n) is 18.1. The van der Waals surface area contributed by atoms with Crippen molar-refractivity contribution in [3.63, 3.8) is 0 Å². The first-order chi connectivity index (χ1) is 41.3. The second-order valence-corrected chi connectivity index (χ2v) is 19.4. The summed E-state index contributed by atoms with van der Waals surface area (Å²) in [6.45, 7) is 16.3. The SMILES string of the molecule is C1COCCO1.CC.CCCC=O.CN(C)C=O.Cc1ccc(C)cc1.Cc1ccccc1.Clc1ccc(Cl)cc1.Clc1ccccc1.Nc1nc(=O)c2c([nH]1)NC[C@@H](CNc1ccc(C(=O)N[C@@H](CCC(=O)O)C(=O)O)cc1)N2.c1ccccc1. The number of aromatic amines is 1. The van der Waals surface area contributed by atoms with Crippen molar-refractivity contribution in [2.75, 3.05) is 75.3 Å². The van der Waals surface area contributed by atoms with Crippen LogP contribution >= 0.6 is 34.8 Å². The molecule has 0 bridgehead atoms. The summed E-state index contributed by atoms with van der Waals surface area (Å²) in [6, 6.07) is 52.1. The van der Waals surface area contributed by atoms with E-state index in [1.807, 2.05) is 106 Å². The maximum Gasteiger partial charge on any atom is 0.326 e. The number of nitrogens with two attached hydrogens (primary N) is 1. The summed E-state index contributed by atoms with van der Waals surface area (Å²) in [5, 5.41) is 31.8. The quantitative estimate of drug-likeness (QED) is 0.0529. The number of benzene rings is 6. The Hall–Kier alpha value is -8.26. The lowest BCUT2D eigenvalue weighted by molar-refractivity contribution is -0.140. The zero-order chi connectivity index (χ0) is 64.3. The number of ether oxygens (including phenoxy) is 2. The van der Waals surface area contributed by atoms with Gasteiger partial charge in [0.1, 0.15) is 23.8 Å². The number of aromatic nitrogens is 2. The van der Waals surface area contributed by atoms with E-state index in [0.29, 0.717) is 36.7 Å². The number of amides is 2. The van der Waals surface area contributed by atoms with Crippen molar-refractivity contribution < 1.29 is 43.7 Å². The molecule has 1 aromatic heterocycles. The molecular formula is C65H85Cl3N8O10. The molecular weight excluding hydrogens is 1160 g/mol. The van der Waals surface area contributed by atoms with E-state index in [9.17, 15) is 28.8 Å². The lowest BCUT2D eigenvalue weighted by Gasteiger charge is -2.27. The molecule has 0 aliphatic carbocycles. The molecule has 9 N–H and O–H groups in total. The average molecular weight is 1240 g/mol. The van der Waals surface area contributed by atoms with Gasteiger partial charge < -0.3 is 61.4 Å². The molecule has 0 radical (unpaired) electrons. The Morgan fingerprint density at radius 1 is 0.698 bits per heavy atom. The third kappa shape index (κ3) is 41.7. The number of carbonyl (C=O) groups is 5. The van der Waals surface area contributed by atoms with E-state index in [-0.39, 0.29) is 30.4 Å². The first-order valence-electron chi connectivity index (χ1n) is 27.6. The minimum Gasteiger partial charge on any atom is -0.481 e. The lowest BCUT2D eigenvalue weighted by atomic mass is 10.1. The van der Waals surface area contributed by atoms with Gasteiger partial charge in [0.25, 0.3) is 11.5 Å². The molecule has 7 aromatic rings. The first-order valence-corrected chi connectivity index (χ1v) is 28.8. The van der Waals surface area contributed by atoms with Crippen molar-refractivity contribution in [3.8, 4) is 0 Å². The normalized spacial score (nSPS) is 12.0. The maximum absolute atomic E-state index is 12.3. The molecule has 9 rings (SSSR count). The predicted molar refractivity (Wildman–Crippen MR) is 351 cm³/mol. The molecule has 86 heavy (non-hydrogen) atoms. The van der Waals surface area contributed by atoms with Gasteiger partial charge in [0, 0.05) is 66.3 Å². The standard InChI is InChI=1S/C19H23N7O6.C8H10.C7H8.C6H4Cl2.C6H5Cl.C6H6.C4H8O2.C4H8O.C3H7NO.C2H6/c20-19-25-15-14(17(30)26-19)23-11(8-22-15)7-21-10-3-1-9(2-4-10)16(29)24-12(18(31)32)5-6-13(27)28;1-7-3-5-8(2)6-4-7;1-7-5-3-2-4-6-7;7-5-1-2-6(8)4-3-5;7-6-4-2-1-3-5-6;1-2-4-6-5-3-1;1-2-6-4-3-5-1;1-2-3-4-5;1-4(2)3-5;1-2/h1-4,11-12,21,23H,5-8H2,(H,24,29)(H,27,28)(H,31,32)(H4,20,22,25,26,30);3-6H,1-2H3;2-6H,1H3;1-4H;1-5H;1-6H;1-4H2;4H,2-3H2,1H3;3H,1-2H3;1-2H3/t11-,12+;;;;;;;;;/m1........./s1. The summed E-state index contributed by atoms with van der Waals surface area (Å²) in [6.07, 6.45) is 2.78. The molecule has 1 fully saturated rings. The van der Waals surface area contributed by atoms with Crippen molar-refractivity contribution in [2.24, 2.45) is 0 Å². The highest BCUT2D eigenvalue weighted by atomic mass is 35.5. The number of anilines is 4. The predicted octanol–water partition coefficient (Wildman–Crippen LogP) is 12.8. The Morgan fingerprint density at radius 3 is 1.48 bits per heavy atom. The number of nitrogens with one attached hydrogen (secondary N) is 5. The Kier molecular flexibility index (Phi) is 45.3. The minimum atomic E-state index is -1.30. The number of rotatable bonds is 12. The molecule has 0 spiro atoms. The van der Waals surface area contributed by atoms with Crippen LogP contribution in [-0.2, 0) is 28.7 Å². The summed E-state index contributed by atoms with van der Waals surface area (Å²) < 4.78 is 9.89. The molecule has 1 saturated heterocycles. The minimum absolute atomic E-state index is 0.0281. The summed E-state index contributed by atoms with van der Waals surface area (Å²) in [7, 11) is 3.38. The zero-order valence-electron chi connectivity index (χ0n) is 50.3. The van der Waals surface area contributed by atoms with Gasteiger partial charge in [-0.2, -0.15) is 4.98 Å². The highest BCUT2D eigenvalue weighted by molar-refractivity contribution is 6.33. The second kappa shape index (κ2) is 50.1. The van der Waals surface area contributed by atoms with E-state index in [1.165, 1.54) is 33.7 Å². The fourth-order valence-corrected chi connectivity index (χ4v) is 6.46.